The normalized spacial score (nSPS) is 19.6. The quantitative estimate of drug-likeness (QED) is 0.0324. The number of halogens is 6. The number of carbonyl (C=O) groups is 12. The van der Waals surface area contributed by atoms with Crippen LogP contribution < -0.4 is 61.5 Å². The lowest BCUT2D eigenvalue weighted by atomic mass is 9.98. The number of aromatic nitrogens is 1. The molecule has 125 heavy (non-hydrogen) atoms. The molecule has 35 heteroatoms. The lowest BCUT2D eigenvalue weighted by molar-refractivity contribution is -0.138. The van der Waals surface area contributed by atoms with Gasteiger partial charge in [0.25, 0.3) is 47.3 Å². The third kappa shape index (κ3) is 17.9. The third-order valence-electron chi connectivity index (χ3n) is 21.1. The summed E-state index contributed by atoms with van der Waals surface area (Å²) in [4.78, 5) is 160. The molecule has 4 fully saturated rings. The van der Waals surface area contributed by atoms with E-state index in [1.807, 2.05) is 54.7 Å². The number of nitrogens with zero attached hydrogens (tertiary/aromatic N) is 5. The molecule has 4 atom stereocenters. The van der Waals surface area contributed by atoms with Gasteiger partial charge in [0.2, 0.25) is 22.2 Å². The molecule has 4 saturated heterocycles. The second-order valence-corrected chi connectivity index (χ2v) is 29.9. The van der Waals surface area contributed by atoms with Gasteiger partial charge in [-0.3, -0.25) is 64.6 Å². The molecule has 17 rings (SSSR count). The average Bonchev–Trinajstić information content (AvgIpc) is 1.63. The third-order valence-corrected chi connectivity index (χ3v) is 21.5. The molecule has 0 aliphatic carbocycles. The Kier molecular flexibility index (Phi) is 23.5. The van der Waals surface area contributed by atoms with Crippen molar-refractivity contribution in [3.05, 3.63) is 264 Å². The molecule has 9 aromatic rings. The van der Waals surface area contributed by atoms with Crippen LogP contribution in [-0.4, -0.2) is 173 Å². The van der Waals surface area contributed by atoms with Gasteiger partial charge in [-0.2, -0.15) is 13.2 Å². The van der Waals surface area contributed by atoms with Crippen molar-refractivity contribution in [2.45, 2.75) is 68.4 Å². The summed E-state index contributed by atoms with van der Waals surface area (Å²) in [6.07, 6.45) is -3.11. The summed E-state index contributed by atoms with van der Waals surface area (Å²) in [5, 5.41) is 20.1. The highest BCUT2D eigenvalue weighted by Gasteiger charge is 2.53. The largest absolute Gasteiger partial charge is 0.497 e. The highest BCUT2D eigenvalue weighted by Crippen LogP contribution is 2.36. The van der Waals surface area contributed by atoms with Gasteiger partial charge in [-0.15, -0.1) is 0 Å². The van der Waals surface area contributed by atoms with E-state index in [0.29, 0.717) is 103 Å². The molecule has 8 aliphatic rings. The van der Waals surface area contributed by atoms with Crippen LogP contribution in [0.1, 0.15) is 103 Å². The van der Waals surface area contributed by atoms with Crippen LogP contribution in [0.15, 0.2) is 164 Å². The van der Waals surface area contributed by atoms with Gasteiger partial charge in [-0.1, -0.05) is 101 Å². The van der Waals surface area contributed by atoms with E-state index in [1.54, 1.807) is 92.0 Å². The molecule has 8 N–H and O–H groups in total. The summed E-state index contributed by atoms with van der Waals surface area (Å²) >= 11 is 6.15. The summed E-state index contributed by atoms with van der Waals surface area (Å²) in [5.74, 6) is 18.7. The maximum Gasteiger partial charge on any atom is 0.416 e. The molecule has 16 amide bonds. The first-order chi connectivity index (χ1) is 59.6. The molecule has 0 bridgehead atoms. The average molecular weight is 1720 g/mol. The summed E-state index contributed by atoms with van der Waals surface area (Å²) in [7, 11) is 6.01. The number of methoxy groups -OCH3 is 4. The van der Waals surface area contributed by atoms with Gasteiger partial charge in [0.05, 0.1) is 65.7 Å². The van der Waals surface area contributed by atoms with Crippen molar-refractivity contribution < 1.29 is 98.4 Å². The number of hydrogen-bond acceptors (Lipinski definition) is 17. The van der Waals surface area contributed by atoms with Crippen LogP contribution in [-0.2, 0) is 51.5 Å². The van der Waals surface area contributed by atoms with Gasteiger partial charge in [0, 0.05) is 87.3 Å². The van der Waals surface area contributed by atoms with Crippen molar-refractivity contribution in [2.24, 2.45) is 0 Å². The van der Waals surface area contributed by atoms with Crippen LogP contribution in [0.2, 0.25) is 5.02 Å². The van der Waals surface area contributed by atoms with Gasteiger partial charge < -0.3 is 59.8 Å². The highest BCUT2D eigenvalue weighted by atomic mass is 35.5. The van der Waals surface area contributed by atoms with Crippen molar-refractivity contribution in [1.29, 1.82) is 0 Å². The van der Waals surface area contributed by atoms with Gasteiger partial charge in [0.1, 0.15) is 34.6 Å². The fraction of sp³-hybridized carbons (Fsp3) is 0.211. The Bertz CT molecular complexity index is 6420. The standard InChI is InChI=1S/C24H18N4O4.C22H18ClN3O4.C22H15F4N3O4.C22H18FN3O4/c1-32-17-8-7-16-13-28(21(29)19(16)12-17)14-24(22(30)26-23(31)27-24)10-9-15-4-2-6-20-18(15)5-3-11-25-20;1-13-14(4-3-5-18(13)23)8-9-22(20(28)24-21(29)25-22)12-26-11-15-6-7-16(30-2)10-17(15)19(26)27;1-33-16-3-2-13-10-29(18(30)17(13)9-16)11-21(19(31)27-20(32)28-21)5-4-12-6-14(22(24,25)26)8-15(23)7-12;1-13-7-14(9-16(23)8-13)5-6-22(20(28)24-21(29)25-22)12-26-11-15-3-4-17(30-2)10-18(15)19(26)27/h2-8,11-12H,13-14H2,1H3,(H2,26,27,30,31);3-7,10H,11-12H2,1-2H3,(H2,24,25,28,29);2-3,6-9H,10-11H2,1H3,(H2,27,28,31,32);3-4,7-10H,11-12H2,1-2H3,(H2,24,25,28,29)/t24-;22-;21-;22-/m1111/s1. The number of ether oxygens (including phenoxy) is 4. The summed E-state index contributed by atoms with van der Waals surface area (Å²) in [5.41, 5.74) is 0.503. The minimum Gasteiger partial charge on any atom is -0.497 e. The van der Waals surface area contributed by atoms with Crippen molar-refractivity contribution in [1.82, 2.24) is 67.1 Å². The number of hydrogen-bond donors (Lipinski definition) is 8. The predicted octanol–water partition coefficient (Wildman–Crippen LogP) is 8.24. The van der Waals surface area contributed by atoms with Gasteiger partial charge in [-0.25, -0.2) is 28.0 Å². The SMILES string of the molecule is COc1ccc2c(c1)C(=O)N(C[C@@]1(C#Cc3cc(C)cc(F)c3)NC(=O)NC1=O)C2.COc1ccc2c(c1)C(=O)N(C[C@@]1(C#Cc3cc(F)cc(C(F)(F)F)c3)NC(=O)NC1=O)C2.COc1ccc2c(c1)C(=O)N(C[C@@]1(C#Cc3cccc(Cl)c3C)NC(=O)NC1=O)C2.COc1ccc2c(c1)C(=O)N(C[C@@]1(C#Cc3cccc4ncccc34)NC(=O)NC1=O)C2. The number of imide groups is 4. The van der Waals surface area contributed by atoms with Crippen molar-refractivity contribution >= 4 is 93.9 Å². The van der Waals surface area contributed by atoms with E-state index in [9.17, 15) is 79.5 Å². The first-order valence-electron chi connectivity index (χ1n) is 37.9. The lowest BCUT2D eigenvalue weighted by Crippen LogP contribution is -2.54. The van der Waals surface area contributed by atoms with E-state index in [0.717, 1.165) is 39.2 Å². The van der Waals surface area contributed by atoms with E-state index in [4.69, 9.17) is 30.5 Å². The molecule has 8 aromatic carbocycles. The Morgan fingerprint density at radius 1 is 0.408 bits per heavy atom. The zero-order valence-corrected chi connectivity index (χ0v) is 67.5. The fourth-order valence-corrected chi connectivity index (χ4v) is 14.9. The molecule has 632 valence electrons. The van der Waals surface area contributed by atoms with Crippen molar-refractivity contribution in [3.63, 3.8) is 0 Å². The van der Waals surface area contributed by atoms with E-state index >= 15 is 0 Å². The zero-order valence-electron chi connectivity index (χ0n) is 66.8. The van der Waals surface area contributed by atoms with Crippen molar-refractivity contribution in [3.8, 4) is 70.4 Å². The summed E-state index contributed by atoms with van der Waals surface area (Å²) < 4.78 is 87.0. The molecule has 0 unspecified atom stereocenters. The van der Waals surface area contributed by atoms with Gasteiger partial charge >= 0.3 is 30.3 Å². The predicted molar refractivity (Wildman–Crippen MR) is 437 cm³/mol. The second-order valence-electron chi connectivity index (χ2n) is 29.5. The Balaban J connectivity index is 0.000000136. The Morgan fingerprint density at radius 3 is 1.10 bits per heavy atom. The molecular formula is C90H69ClF5N13O16. The monoisotopic (exact) mass is 1720 g/mol. The number of pyridine rings is 1. The number of fused-ring (bicyclic) bond motifs is 5. The van der Waals surface area contributed by atoms with Crippen LogP contribution in [0.4, 0.5) is 41.1 Å². The highest BCUT2D eigenvalue weighted by molar-refractivity contribution is 6.31. The molecule has 0 radical (unpaired) electrons. The van der Waals surface area contributed by atoms with Crippen LogP contribution in [0.5, 0.6) is 23.0 Å². The van der Waals surface area contributed by atoms with E-state index in [1.165, 1.54) is 66.2 Å². The molecule has 8 aliphatic heterocycles. The lowest BCUT2D eigenvalue weighted by Gasteiger charge is -2.26. The van der Waals surface area contributed by atoms with Gasteiger partial charge in [0.15, 0.2) is 0 Å². The Labute approximate surface area is 713 Å². The van der Waals surface area contributed by atoms with E-state index in [-0.39, 0.29) is 62.6 Å². The number of aryl methyl sites for hydroxylation is 1. The van der Waals surface area contributed by atoms with Crippen LogP contribution in [0, 0.1) is 72.8 Å². The van der Waals surface area contributed by atoms with Gasteiger partial charge in [-0.05, 0) is 162 Å². The number of amides is 16. The van der Waals surface area contributed by atoms with E-state index < -0.39 is 99.2 Å². The fourth-order valence-electron chi connectivity index (χ4n) is 14.7. The zero-order chi connectivity index (χ0) is 89.2. The molecule has 1 aromatic heterocycles. The van der Waals surface area contributed by atoms with Crippen molar-refractivity contribution in [2.75, 3.05) is 54.6 Å². The first-order valence-corrected chi connectivity index (χ1v) is 38.3. The smallest absolute Gasteiger partial charge is 0.416 e. The maximum absolute atomic E-state index is 13.7. The number of urea groups is 4. The molecular weight excluding hydrogens is 1650 g/mol. The van der Waals surface area contributed by atoms with E-state index in [2.05, 4.69) is 89.6 Å². The molecule has 9 heterocycles. The minimum absolute atomic E-state index is 0.0869. The molecule has 0 spiro atoms. The second kappa shape index (κ2) is 34.4. The number of nitrogens with one attached hydrogen (secondary N) is 8. The summed E-state index contributed by atoms with van der Waals surface area (Å²) in [6, 6.07) is 38.2. The number of rotatable bonds is 12. The molecule has 0 saturated carbocycles. The first kappa shape index (κ1) is 85.6. The maximum atomic E-state index is 13.7. The number of carbonyl (C=O) groups excluding carboxylic acids is 12. The Hall–Kier alpha value is -15.8. The Morgan fingerprint density at radius 2 is 0.752 bits per heavy atom. The number of benzene rings is 8. The van der Waals surface area contributed by atoms with Crippen LogP contribution in [0.3, 0.4) is 0 Å². The molecule has 29 nitrogen and oxygen atoms in total. The summed E-state index contributed by atoms with van der Waals surface area (Å²) in [6.45, 7) is 3.83. The topological polar surface area (TPSA) is 364 Å². The van der Waals surface area contributed by atoms with Crippen LogP contribution >= 0.6 is 11.6 Å². The van der Waals surface area contributed by atoms with Crippen LogP contribution in [0.25, 0.3) is 10.9 Å². The number of alkyl halides is 3. The minimum atomic E-state index is -4.80.